The molecule has 9 heteroatoms. The van der Waals surface area contributed by atoms with E-state index in [1.807, 2.05) is 0 Å². The van der Waals surface area contributed by atoms with Crippen molar-refractivity contribution in [2.75, 3.05) is 37.7 Å². The number of likely N-dealkylation sites (N-methyl/N-ethyl adjacent to an activating group) is 1. The van der Waals surface area contributed by atoms with Gasteiger partial charge < -0.3 is 33.9 Å². The monoisotopic (exact) mass is 468 g/mol. The molecule has 0 unspecified atom stereocenters. The van der Waals surface area contributed by atoms with E-state index in [-0.39, 0.29) is 6.61 Å². The third-order valence-electron chi connectivity index (χ3n) is 7.08. The van der Waals surface area contributed by atoms with Crippen molar-refractivity contribution in [3.63, 3.8) is 0 Å². The first-order valence-electron chi connectivity index (χ1n) is 11.1. The van der Waals surface area contributed by atoms with Gasteiger partial charge in [-0.1, -0.05) is 18.2 Å². The lowest BCUT2D eigenvalue weighted by Crippen LogP contribution is -2.86. The predicted octanol–water partition coefficient (Wildman–Crippen LogP) is 1.81. The number of nitrogens with zero attached hydrogens (tertiary/aromatic N) is 2. The summed E-state index contributed by atoms with van der Waals surface area (Å²) in [5.74, 6) is -1.47. The Labute approximate surface area is 197 Å². The van der Waals surface area contributed by atoms with E-state index >= 15 is 0 Å². The quantitative estimate of drug-likeness (QED) is 0.669. The molecule has 3 aliphatic heterocycles. The molecule has 2 amide bonds. The smallest absolute Gasteiger partial charge is 0.267 e. The number of carbonyl (C=O) groups is 2. The molecule has 180 valence electrons. The molecule has 1 N–H and O–H groups in total. The number of hydrogen-bond acceptors (Lipinski definition) is 7. The second-order valence-electron chi connectivity index (χ2n) is 9.22. The molecular formula is C25H28N2O7. The van der Waals surface area contributed by atoms with Gasteiger partial charge in [0.15, 0.2) is 5.79 Å². The first kappa shape index (κ1) is 22.8. The Bertz CT molecular complexity index is 1150. The number of benzene rings is 2. The third kappa shape index (κ3) is 2.75. The Morgan fingerprint density at radius 1 is 1.03 bits per heavy atom. The Morgan fingerprint density at radius 3 is 2.29 bits per heavy atom. The number of methoxy groups -OCH3 is 2. The molecule has 0 spiro atoms. The SMILES string of the molecule is COc1ccc(N2C(=O)[C@@](O)([C@]3(OC)C(=O)N(C)c4ccccc43)[C@@H]2[C@H]2COC(C)(C)O2)cc1. The fraction of sp³-hybridized carbons (Fsp3) is 0.440. The molecular weight excluding hydrogens is 440 g/mol. The van der Waals surface area contributed by atoms with Crippen molar-refractivity contribution in [2.24, 2.45) is 0 Å². The zero-order chi connectivity index (χ0) is 24.5. The summed E-state index contributed by atoms with van der Waals surface area (Å²) in [6.45, 7) is 3.66. The van der Waals surface area contributed by atoms with Crippen molar-refractivity contribution in [2.45, 2.75) is 43.0 Å². The Kier molecular flexibility index (Phi) is 5.04. The molecule has 2 aromatic carbocycles. The molecule has 0 aliphatic carbocycles. The topological polar surface area (TPSA) is 97.8 Å². The van der Waals surface area contributed by atoms with Crippen molar-refractivity contribution in [1.82, 2.24) is 0 Å². The molecule has 9 nitrogen and oxygen atoms in total. The van der Waals surface area contributed by atoms with E-state index in [9.17, 15) is 14.7 Å². The summed E-state index contributed by atoms with van der Waals surface area (Å²) in [4.78, 5) is 30.4. The van der Waals surface area contributed by atoms with Gasteiger partial charge in [-0.2, -0.15) is 0 Å². The zero-order valence-corrected chi connectivity index (χ0v) is 19.8. The molecule has 2 fully saturated rings. The normalized spacial score (nSPS) is 32.1. The highest BCUT2D eigenvalue weighted by atomic mass is 16.7. The first-order valence-corrected chi connectivity index (χ1v) is 11.1. The number of fused-ring (bicyclic) bond motifs is 1. The highest BCUT2D eigenvalue weighted by Crippen LogP contribution is 2.56. The Morgan fingerprint density at radius 2 is 1.71 bits per heavy atom. The summed E-state index contributed by atoms with van der Waals surface area (Å²) >= 11 is 0. The Balaban J connectivity index is 1.67. The maximum atomic E-state index is 13.9. The minimum absolute atomic E-state index is 0.130. The summed E-state index contributed by atoms with van der Waals surface area (Å²) in [7, 11) is 4.49. The van der Waals surface area contributed by atoms with Crippen molar-refractivity contribution in [3.8, 4) is 5.75 Å². The van der Waals surface area contributed by atoms with Gasteiger partial charge in [-0.3, -0.25) is 9.59 Å². The molecule has 2 aromatic rings. The van der Waals surface area contributed by atoms with Crippen LogP contribution in [0.1, 0.15) is 19.4 Å². The predicted molar refractivity (Wildman–Crippen MR) is 123 cm³/mol. The van der Waals surface area contributed by atoms with E-state index in [1.165, 1.54) is 16.9 Å². The molecule has 0 radical (unpaired) electrons. The van der Waals surface area contributed by atoms with E-state index in [1.54, 1.807) is 76.5 Å². The molecule has 4 atom stereocenters. The van der Waals surface area contributed by atoms with Gasteiger partial charge in [-0.15, -0.1) is 0 Å². The van der Waals surface area contributed by atoms with Gasteiger partial charge in [0.2, 0.25) is 11.2 Å². The number of amides is 2. The van der Waals surface area contributed by atoms with Crippen LogP contribution in [0.5, 0.6) is 5.75 Å². The third-order valence-corrected chi connectivity index (χ3v) is 7.08. The van der Waals surface area contributed by atoms with Crippen LogP contribution in [-0.2, 0) is 29.4 Å². The lowest BCUT2D eigenvalue weighted by molar-refractivity contribution is -0.223. The zero-order valence-electron chi connectivity index (χ0n) is 19.8. The van der Waals surface area contributed by atoms with Crippen LogP contribution < -0.4 is 14.5 Å². The van der Waals surface area contributed by atoms with Gasteiger partial charge in [0.05, 0.1) is 19.4 Å². The highest BCUT2D eigenvalue weighted by molar-refractivity contribution is 6.18. The Hall–Kier alpha value is -2.98. The van der Waals surface area contributed by atoms with Crippen molar-refractivity contribution in [1.29, 1.82) is 0 Å². The van der Waals surface area contributed by atoms with Crippen molar-refractivity contribution in [3.05, 3.63) is 54.1 Å². The number of aliphatic hydroxyl groups is 1. The molecule has 2 saturated heterocycles. The summed E-state index contributed by atoms with van der Waals surface area (Å²) in [5.41, 5.74) is -2.65. The van der Waals surface area contributed by atoms with Crippen LogP contribution in [0.2, 0.25) is 0 Å². The summed E-state index contributed by atoms with van der Waals surface area (Å²) < 4.78 is 23.0. The molecule has 0 bridgehead atoms. The van der Waals surface area contributed by atoms with Crippen LogP contribution in [0.25, 0.3) is 0 Å². The molecule has 3 heterocycles. The van der Waals surface area contributed by atoms with Gasteiger partial charge in [-0.25, -0.2) is 0 Å². The van der Waals surface area contributed by atoms with E-state index in [0.717, 1.165) is 0 Å². The fourth-order valence-electron chi connectivity index (χ4n) is 5.49. The largest absolute Gasteiger partial charge is 0.497 e. The highest BCUT2D eigenvalue weighted by Gasteiger charge is 2.79. The molecule has 0 saturated carbocycles. The van der Waals surface area contributed by atoms with Gasteiger partial charge in [0, 0.05) is 25.4 Å². The van der Waals surface area contributed by atoms with Crippen molar-refractivity contribution < 1.29 is 33.6 Å². The van der Waals surface area contributed by atoms with E-state index in [0.29, 0.717) is 22.7 Å². The molecule has 0 aromatic heterocycles. The van der Waals surface area contributed by atoms with Crippen LogP contribution in [-0.4, -0.2) is 68.3 Å². The number of rotatable bonds is 5. The number of hydrogen-bond donors (Lipinski definition) is 1. The van der Waals surface area contributed by atoms with Gasteiger partial charge in [-0.05, 0) is 44.2 Å². The maximum absolute atomic E-state index is 13.9. The number of ether oxygens (including phenoxy) is 4. The van der Waals surface area contributed by atoms with E-state index in [2.05, 4.69) is 0 Å². The number of β-lactam (4-membered cyclic amide) rings is 1. The lowest BCUT2D eigenvalue weighted by Gasteiger charge is -2.59. The number of para-hydroxylation sites is 1. The standard InChI is InChI=1S/C25H28N2O7/c1-23(2)33-14-19(34-23)20-24(30,21(28)27(20)15-10-12-16(31-4)13-11-15)25(32-5)17-8-6-7-9-18(17)26(3)22(25)29/h6-13,19-20,30H,14H2,1-5H3/t19-,20+,24-,25-/m1/s1. The van der Waals surface area contributed by atoms with E-state index in [4.69, 9.17) is 18.9 Å². The van der Waals surface area contributed by atoms with Crippen LogP contribution in [0.4, 0.5) is 11.4 Å². The van der Waals surface area contributed by atoms with Crippen LogP contribution in [0.3, 0.4) is 0 Å². The van der Waals surface area contributed by atoms with Gasteiger partial charge in [0.1, 0.15) is 17.9 Å². The fourth-order valence-corrected chi connectivity index (χ4v) is 5.49. The summed E-state index contributed by atoms with van der Waals surface area (Å²) in [5, 5.41) is 12.3. The molecule has 5 rings (SSSR count). The lowest BCUT2D eigenvalue weighted by atomic mass is 9.65. The second kappa shape index (κ2) is 7.51. The average molecular weight is 469 g/mol. The van der Waals surface area contributed by atoms with E-state index < -0.39 is 40.9 Å². The first-order chi connectivity index (χ1) is 16.1. The molecule has 3 aliphatic rings. The van der Waals surface area contributed by atoms with Crippen LogP contribution in [0.15, 0.2) is 48.5 Å². The van der Waals surface area contributed by atoms with Crippen LogP contribution in [0, 0.1) is 0 Å². The number of anilines is 2. The summed E-state index contributed by atoms with van der Waals surface area (Å²) in [6, 6.07) is 12.9. The minimum atomic E-state index is -2.24. The minimum Gasteiger partial charge on any atom is -0.497 e. The average Bonchev–Trinajstić information content (AvgIpc) is 3.30. The van der Waals surface area contributed by atoms with Gasteiger partial charge >= 0.3 is 0 Å². The van der Waals surface area contributed by atoms with Gasteiger partial charge in [0.25, 0.3) is 11.8 Å². The summed E-state index contributed by atoms with van der Waals surface area (Å²) in [6.07, 6.45) is -0.710. The van der Waals surface area contributed by atoms with Crippen molar-refractivity contribution >= 4 is 23.2 Å². The second-order valence-corrected chi connectivity index (χ2v) is 9.22. The maximum Gasteiger partial charge on any atom is 0.267 e. The van der Waals surface area contributed by atoms with Crippen LogP contribution >= 0.6 is 0 Å². The number of carbonyl (C=O) groups excluding carboxylic acids is 2. The molecule has 34 heavy (non-hydrogen) atoms.